The van der Waals surface area contributed by atoms with Gasteiger partial charge in [0.05, 0.1) is 11.1 Å². The van der Waals surface area contributed by atoms with Crippen LogP contribution in [0.3, 0.4) is 0 Å². The first kappa shape index (κ1) is 22.3. The summed E-state index contributed by atoms with van der Waals surface area (Å²) in [7, 11) is 0. The smallest absolute Gasteiger partial charge is 0.208 e. The van der Waals surface area contributed by atoms with E-state index in [4.69, 9.17) is 0 Å². The van der Waals surface area contributed by atoms with Crippen LogP contribution in [0, 0.1) is 0 Å². The van der Waals surface area contributed by atoms with E-state index >= 15 is 0 Å². The number of phenolic OH excluding ortho intramolecular Hbond substituents is 10. The van der Waals surface area contributed by atoms with Gasteiger partial charge in [-0.2, -0.15) is 0 Å². The zero-order valence-electron chi connectivity index (χ0n) is 15.8. The number of aliphatic hydroxyl groups is 2. The summed E-state index contributed by atoms with van der Waals surface area (Å²) in [6, 6.07) is 5.01. The molecule has 0 aliphatic rings. The third-order valence-corrected chi connectivity index (χ3v) is 4.95. The molecule has 3 aromatic rings. The van der Waals surface area contributed by atoms with Gasteiger partial charge in [0.15, 0.2) is 23.0 Å². The fourth-order valence-corrected chi connectivity index (χ4v) is 3.25. The molecule has 0 fully saturated rings. The standard InChI is InChI=1S/C20H18O12/c21-9(7-11(23)15(27)19(31)16(28)12(7)24)5-3-1-2-4-6(5)10(22)8-13(25)17(29)20(32)18(30)14(8)26/h1-4,9-10,21-32H. The van der Waals surface area contributed by atoms with E-state index in [0.29, 0.717) is 0 Å². The second-order valence-corrected chi connectivity index (χ2v) is 6.75. The van der Waals surface area contributed by atoms with Crippen molar-refractivity contribution in [2.45, 2.75) is 12.2 Å². The van der Waals surface area contributed by atoms with Gasteiger partial charge >= 0.3 is 0 Å². The lowest BCUT2D eigenvalue weighted by molar-refractivity contribution is 0.184. The second-order valence-electron chi connectivity index (χ2n) is 6.75. The number of aliphatic hydroxyl groups excluding tert-OH is 2. The van der Waals surface area contributed by atoms with Crippen molar-refractivity contribution >= 4 is 0 Å². The first-order valence-electron chi connectivity index (χ1n) is 8.73. The fourth-order valence-electron chi connectivity index (χ4n) is 3.25. The van der Waals surface area contributed by atoms with E-state index in [0.717, 1.165) is 12.1 Å². The Bertz CT molecular complexity index is 1070. The average Bonchev–Trinajstić information content (AvgIpc) is 2.78. The maximum absolute atomic E-state index is 10.8. The van der Waals surface area contributed by atoms with Gasteiger partial charge in [0.2, 0.25) is 34.5 Å². The molecular weight excluding hydrogens is 432 g/mol. The zero-order valence-corrected chi connectivity index (χ0v) is 15.8. The fraction of sp³-hybridized carbons (Fsp3) is 0.100. The van der Waals surface area contributed by atoms with Crippen molar-refractivity contribution < 1.29 is 61.3 Å². The Kier molecular flexibility index (Phi) is 5.35. The van der Waals surface area contributed by atoms with E-state index in [-0.39, 0.29) is 11.1 Å². The predicted molar refractivity (Wildman–Crippen MR) is 104 cm³/mol. The van der Waals surface area contributed by atoms with Crippen LogP contribution in [0.2, 0.25) is 0 Å². The third kappa shape index (κ3) is 3.10. The van der Waals surface area contributed by atoms with Crippen molar-refractivity contribution in [1.29, 1.82) is 0 Å². The molecule has 12 N–H and O–H groups in total. The van der Waals surface area contributed by atoms with Crippen LogP contribution < -0.4 is 0 Å². The minimum Gasteiger partial charge on any atom is -0.504 e. The number of benzene rings is 3. The summed E-state index contributed by atoms with van der Waals surface area (Å²) < 4.78 is 0. The van der Waals surface area contributed by atoms with Crippen molar-refractivity contribution in [2.75, 3.05) is 0 Å². The Morgan fingerprint density at radius 2 is 0.594 bits per heavy atom. The third-order valence-electron chi connectivity index (χ3n) is 4.95. The first-order valence-corrected chi connectivity index (χ1v) is 8.73. The van der Waals surface area contributed by atoms with Crippen molar-refractivity contribution in [3.8, 4) is 57.5 Å². The van der Waals surface area contributed by atoms with Crippen LogP contribution in [0.5, 0.6) is 57.5 Å². The van der Waals surface area contributed by atoms with Crippen LogP contribution in [-0.4, -0.2) is 61.3 Å². The van der Waals surface area contributed by atoms with Gasteiger partial charge in [-0.1, -0.05) is 24.3 Å². The van der Waals surface area contributed by atoms with Crippen molar-refractivity contribution in [3.05, 3.63) is 46.5 Å². The highest BCUT2D eigenvalue weighted by Crippen LogP contribution is 2.56. The monoisotopic (exact) mass is 450 g/mol. The van der Waals surface area contributed by atoms with Gasteiger partial charge in [0.25, 0.3) is 0 Å². The molecule has 0 bridgehead atoms. The molecule has 12 heteroatoms. The van der Waals surface area contributed by atoms with Crippen molar-refractivity contribution in [3.63, 3.8) is 0 Å². The maximum atomic E-state index is 10.8. The molecule has 0 saturated heterocycles. The van der Waals surface area contributed by atoms with Gasteiger partial charge < -0.3 is 61.3 Å². The van der Waals surface area contributed by atoms with E-state index in [2.05, 4.69) is 0 Å². The molecule has 0 amide bonds. The lowest BCUT2D eigenvalue weighted by Crippen LogP contribution is -2.10. The van der Waals surface area contributed by atoms with E-state index in [9.17, 15) is 61.3 Å². The van der Waals surface area contributed by atoms with Crippen LogP contribution in [-0.2, 0) is 0 Å². The van der Waals surface area contributed by atoms with Crippen LogP contribution in [0.25, 0.3) is 0 Å². The number of aromatic hydroxyl groups is 10. The number of phenols is 10. The molecule has 0 aromatic heterocycles. The summed E-state index contributed by atoms with van der Waals surface area (Å²) in [4.78, 5) is 0. The lowest BCUT2D eigenvalue weighted by atomic mass is 9.89. The van der Waals surface area contributed by atoms with Crippen molar-refractivity contribution in [2.24, 2.45) is 0 Å². The lowest BCUT2D eigenvalue weighted by Gasteiger charge is -2.23. The summed E-state index contributed by atoms with van der Waals surface area (Å²) in [6.45, 7) is 0. The minimum absolute atomic E-state index is 0.305. The van der Waals surface area contributed by atoms with Gasteiger partial charge in [-0.3, -0.25) is 0 Å². The molecular formula is C20H18O12. The molecule has 2 atom stereocenters. The summed E-state index contributed by atoms with van der Waals surface area (Å²) >= 11 is 0. The van der Waals surface area contributed by atoms with Crippen LogP contribution in [0.15, 0.2) is 24.3 Å². The zero-order chi connectivity index (χ0) is 24.1. The largest absolute Gasteiger partial charge is 0.504 e. The molecule has 0 heterocycles. The molecule has 170 valence electrons. The molecule has 2 unspecified atom stereocenters. The van der Waals surface area contributed by atoms with Gasteiger partial charge in [-0.05, 0) is 11.1 Å². The van der Waals surface area contributed by atoms with Gasteiger partial charge in [-0.25, -0.2) is 0 Å². The number of rotatable bonds is 4. The van der Waals surface area contributed by atoms with Gasteiger partial charge in [-0.15, -0.1) is 0 Å². The molecule has 0 radical (unpaired) electrons. The summed E-state index contributed by atoms with van der Waals surface area (Å²) in [5.74, 6) is -12.3. The minimum atomic E-state index is -2.07. The van der Waals surface area contributed by atoms with E-state index in [1.807, 2.05) is 0 Å². The Morgan fingerprint density at radius 3 is 0.844 bits per heavy atom. The molecule has 3 rings (SSSR count). The number of hydrogen-bond donors (Lipinski definition) is 12. The quantitative estimate of drug-likeness (QED) is 0.196. The summed E-state index contributed by atoms with van der Waals surface area (Å²) in [6.07, 6.45) is -4.14. The Labute approximate surface area is 178 Å². The topological polar surface area (TPSA) is 243 Å². The van der Waals surface area contributed by atoms with E-state index in [1.54, 1.807) is 0 Å². The van der Waals surface area contributed by atoms with Crippen LogP contribution in [0.1, 0.15) is 34.5 Å². The Balaban J connectivity index is 2.23. The molecule has 32 heavy (non-hydrogen) atoms. The molecule has 12 nitrogen and oxygen atoms in total. The van der Waals surface area contributed by atoms with E-state index < -0.39 is 80.8 Å². The average molecular weight is 450 g/mol. The summed E-state index contributed by atoms with van der Waals surface area (Å²) in [5, 5.41) is 120. The van der Waals surface area contributed by atoms with E-state index in [1.165, 1.54) is 12.1 Å². The predicted octanol–water partition coefficient (Wildman–Crippen LogP) is 0.906. The van der Waals surface area contributed by atoms with Gasteiger partial charge in [0.1, 0.15) is 12.2 Å². The molecule has 0 spiro atoms. The van der Waals surface area contributed by atoms with Crippen LogP contribution >= 0.6 is 0 Å². The SMILES string of the molecule is Oc1c(O)c(O)c(C(O)c2ccccc2C(O)c2c(O)c(O)c(O)c(O)c2O)c(O)c1O. The highest BCUT2D eigenvalue weighted by Gasteiger charge is 2.33. The maximum Gasteiger partial charge on any atom is 0.208 e. The Hall–Kier alpha value is -4.42. The summed E-state index contributed by atoms with van der Waals surface area (Å²) in [5.41, 5.74) is -2.33. The second kappa shape index (κ2) is 7.68. The van der Waals surface area contributed by atoms with Gasteiger partial charge in [0, 0.05) is 0 Å². The highest BCUT2D eigenvalue weighted by atomic mass is 16.4. The molecule has 0 aliphatic carbocycles. The van der Waals surface area contributed by atoms with Crippen LogP contribution in [0.4, 0.5) is 0 Å². The highest BCUT2D eigenvalue weighted by molar-refractivity contribution is 5.71. The normalized spacial score (nSPS) is 13.1. The first-order chi connectivity index (χ1) is 14.9. The molecule has 3 aromatic carbocycles. The number of hydrogen-bond acceptors (Lipinski definition) is 12. The molecule has 0 aliphatic heterocycles. The Morgan fingerprint density at radius 1 is 0.375 bits per heavy atom. The van der Waals surface area contributed by atoms with Crippen molar-refractivity contribution in [1.82, 2.24) is 0 Å². The molecule has 0 saturated carbocycles.